The highest BCUT2D eigenvalue weighted by Gasteiger charge is 2.53. The SMILES string of the molecule is NC(=O)C(c1ccccc1)(C1CCCCC1)N(C(=O)c1cccs1)c1ccc2c(c1)OCO2. The van der Waals surface area contributed by atoms with Crippen LogP contribution in [0.15, 0.2) is 66.0 Å². The van der Waals surface area contributed by atoms with Crippen molar-refractivity contribution in [2.75, 3.05) is 11.7 Å². The molecular weight excluding hydrogens is 436 g/mol. The van der Waals surface area contributed by atoms with Crippen molar-refractivity contribution in [3.05, 3.63) is 76.5 Å². The van der Waals surface area contributed by atoms with E-state index in [1.54, 1.807) is 23.1 Å². The number of rotatable bonds is 6. The van der Waals surface area contributed by atoms with E-state index >= 15 is 0 Å². The van der Waals surface area contributed by atoms with Crippen LogP contribution in [0, 0.1) is 5.92 Å². The van der Waals surface area contributed by atoms with Crippen LogP contribution in [-0.2, 0) is 10.3 Å². The average molecular weight is 463 g/mol. The quantitative estimate of drug-likeness (QED) is 0.554. The second-order valence-electron chi connectivity index (χ2n) is 8.49. The highest BCUT2D eigenvalue weighted by molar-refractivity contribution is 7.12. The summed E-state index contributed by atoms with van der Waals surface area (Å²) >= 11 is 1.35. The van der Waals surface area contributed by atoms with E-state index < -0.39 is 11.4 Å². The van der Waals surface area contributed by atoms with Crippen LogP contribution in [0.25, 0.3) is 0 Å². The smallest absolute Gasteiger partial charge is 0.269 e. The Hall–Kier alpha value is -3.32. The standard InChI is InChI=1S/C26H26N2O4S/c27-25(30)26(18-8-3-1-4-9-18,19-10-5-2-6-11-19)28(24(29)23-12-7-15-33-23)20-13-14-21-22(16-20)32-17-31-21/h1,3-4,7-9,12-16,19H,2,5-6,10-11,17H2,(H2,27,30). The number of fused-ring (bicyclic) bond motifs is 1. The molecule has 1 fully saturated rings. The van der Waals surface area contributed by atoms with Crippen LogP contribution < -0.4 is 20.1 Å². The van der Waals surface area contributed by atoms with Gasteiger partial charge in [-0.05, 0) is 47.9 Å². The Labute approximate surface area is 196 Å². The molecule has 0 radical (unpaired) electrons. The Morgan fingerprint density at radius 2 is 1.70 bits per heavy atom. The van der Waals surface area contributed by atoms with E-state index in [1.807, 2.05) is 47.8 Å². The molecule has 0 saturated heterocycles. The fraction of sp³-hybridized carbons (Fsp3) is 0.308. The van der Waals surface area contributed by atoms with Gasteiger partial charge in [-0.2, -0.15) is 0 Å². The zero-order valence-corrected chi connectivity index (χ0v) is 19.1. The zero-order chi connectivity index (χ0) is 22.8. The highest BCUT2D eigenvalue weighted by atomic mass is 32.1. The number of nitrogens with two attached hydrogens (primary N) is 1. The third-order valence-corrected chi connectivity index (χ3v) is 7.55. The predicted molar refractivity (Wildman–Crippen MR) is 128 cm³/mol. The molecule has 3 aromatic rings. The first-order valence-corrected chi connectivity index (χ1v) is 12.1. The molecule has 2 aliphatic rings. The molecule has 1 aromatic heterocycles. The molecule has 1 aliphatic heterocycles. The van der Waals surface area contributed by atoms with Gasteiger partial charge in [-0.25, -0.2) is 0 Å². The van der Waals surface area contributed by atoms with Crippen molar-refractivity contribution in [2.24, 2.45) is 11.7 Å². The highest BCUT2D eigenvalue weighted by Crippen LogP contribution is 2.48. The molecule has 2 N–H and O–H groups in total. The summed E-state index contributed by atoms with van der Waals surface area (Å²) in [6.45, 7) is 0.125. The summed E-state index contributed by atoms with van der Waals surface area (Å²) in [6, 6.07) is 18.5. The zero-order valence-electron chi connectivity index (χ0n) is 18.2. The minimum absolute atomic E-state index is 0.111. The van der Waals surface area contributed by atoms with Crippen molar-refractivity contribution < 1.29 is 19.1 Å². The van der Waals surface area contributed by atoms with Crippen molar-refractivity contribution in [3.63, 3.8) is 0 Å². The van der Waals surface area contributed by atoms with Crippen LogP contribution in [0.3, 0.4) is 0 Å². The Bertz CT molecular complexity index is 1140. The number of carbonyl (C=O) groups is 2. The largest absolute Gasteiger partial charge is 0.454 e. The molecule has 2 aromatic carbocycles. The number of hydrogen-bond acceptors (Lipinski definition) is 5. The van der Waals surface area contributed by atoms with E-state index in [4.69, 9.17) is 15.2 Å². The summed E-state index contributed by atoms with van der Waals surface area (Å²) in [5.41, 5.74) is 6.24. The molecule has 1 unspecified atom stereocenters. The molecular formula is C26H26N2O4S. The minimum Gasteiger partial charge on any atom is -0.454 e. The van der Waals surface area contributed by atoms with Crippen LogP contribution in [0.5, 0.6) is 11.5 Å². The topological polar surface area (TPSA) is 81.9 Å². The van der Waals surface area contributed by atoms with Crippen LogP contribution >= 0.6 is 11.3 Å². The van der Waals surface area contributed by atoms with Gasteiger partial charge in [0.15, 0.2) is 17.0 Å². The van der Waals surface area contributed by atoms with Crippen LogP contribution in [0.1, 0.15) is 47.3 Å². The van der Waals surface area contributed by atoms with Crippen molar-refractivity contribution in [1.82, 2.24) is 0 Å². The minimum atomic E-state index is -1.34. The van der Waals surface area contributed by atoms with Crippen LogP contribution in [0.4, 0.5) is 5.69 Å². The molecule has 2 heterocycles. The predicted octanol–water partition coefficient (Wildman–Crippen LogP) is 5.08. The van der Waals surface area contributed by atoms with E-state index in [0.717, 1.165) is 37.7 Å². The fourth-order valence-electron chi connectivity index (χ4n) is 5.23. The first-order valence-electron chi connectivity index (χ1n) is 11.3. The van der Waals surface area contributed by atoms with Gasteiger partial charge in [-0.15, -0.1) is 11.3 Å². The Morgan fingerprint density at radius 1 is 0.939 bits per heavy atom. The van der Waals surface area contributed by atoms with Crippen molar-refractivity contribution in [3.8, 4) is 11.5 Å². The average Bonchev–Trinajstić information content (AvgIpc) is 3.55. The van der Waals surface area contributed by atoms with E-state index in [-0.39, 0.29) is 18.6 Å². The normalized spacial score (nSPS) is 17.3. The number of ether oxygens (including phenoxy) is 2. The summed E-state index contributed by atoms with van der Waals surface area (Å²) in [7, 11) is 0. The number of hydrogen-bond donors (Lipinski definition) is 1. The lowest BCUT2D eigenvalue weighted by atomic mass is 9.69. The molecule has 0 bridgehead atoms. The number of thiophene rings is 1. The Morgan fingerprint density at radius 3 is 2.39 bits per heavy atom. The molecule has 1 atom stereocenters. The van der Waals surface area contributed by atoms with Crippen LogP contribution in [-0.4, -0.2) is 18.6 Å². The van der Waals surface area contributed by atoms with Gasteiger partial charge in [0.1, 0.15) is 0 Å². The van der Waals surface area contributed by atoms with Gasteiger partial charge >= 0.3 is 0 Å². The number of amides is 2. The fourth-order valence-corrected chi connectivity index (χ4v) is 5.88. The van der Waals surface area contributed by atoms with E-state index in [0.29, 0.717) is 22.1 Å². The summed E-state index contributed by atoms with van der Waals surface area (Å²) in [6.07, 6.45) is 4.74. The van der Waals surface area contributed by atoms with Crippen molar-refractivity contribution >= 4 is 28.8 Å². The first-order chi connectivity index (χ1) is 16.1. The lowest BCUT2D eigenvalue weighted by Crippen LogP contribution is -2.62. The molecule has 2 amide bonds. The summed E-state index contributed by atoms with van der Waals surface area (Å²) < 4.78 is 11.1. The maximum absolute atomic E-state index is 14.1. The monoisotopic (exact) mass is 462 g/mol. The Balaban J connectivity index is 1.77. The van der Waals surface area contributed by atoms with E-state index in [9.17, 15) is 9.59 Å². The van der Waals surface area contributed by atoms with Gasteiger partial charge in [0, 0.05) is 11.8 Å². The summed E-state index contributed by atoms with van der Waals surface area (Å²) in [4.78, 5) is 29.9. The molecule has 0 spiro atoms. The number of benzene rings is 2. The number of primary amides is 1. The molecule has 1 saturated carbocycles. The third kappa shape index (κ3) is 3.66. The molecule has 6 nitrogen and oxygen atoms in total. The van der Waals surface area contributed by atoms with Crippen molar-refractivity contribution in [1.29, 1.82) is 0 Å². The van der Waals surface area contributed by atoms with Crippen LogP contribution in [0.2, 0.25) is 0 Å². The number of carbonyl (C=O) groups excluding carboxylic acids is 2. The van der Waals surface area contributed by atoms with Gasteiger partial charge in [-0.3, -0.25) is 14.5 Å². The third-order valence-electron chi connectivity index (χ3n) is 6.69. The second kappa shape index (κ2) is 8.90. The summed E-state index contributed by atoms with van der Waals surface area (Å²) in [5.74, 6) is 0.275. The number of anilines is 1. The molecule has 33 heavy (non-hydrogen) atoms. The maximum Gasteiger partial charge on any atom is 0.269 e. The van der Waals surface area contributed by atoms with Crippen molar-refractivity contribution in [2.45, 2.75) is 37.6 Å². The lowest BCUT2D eigenvalue weighted by molar-refractivity contribution is -0.126. The summed E-state index contributed by atoms with van der Waals surface area (Å²) in [5, 5.41) is 1.86. The lowest BCUT2D eigenvalue weighted by Gasteiger charge is -2.48. The Kier molecular flexibility index (Phi) is 5.81. The molecule has 170 valence electrons. The first kappa shape index (κ1) is 21.5. The van der Waals surface area contributed by atoms with E-state index in [2.05, 4.69) is 0 Å². The molecule has 1 aliphatic carbocycles. The molecule has 7 heteroatoms. The van der Waals surface area contributed by atoms with E-state index in [1.165, 1.54) is 11.3 Å². The van der Waals surface area contributed by atoms with Gasteiger partial charge in [0.05, 0.1) is 4.88 Å². The second-order valence-corrected chi connectivity index (χ2v) is 9.43. The van der Waals surface area contributed by atoms with Gasteiger partial charge < -0.3 is 15.2 Å². The van der Waals surface area contributed by atoms with Gasteiger partial charge in [-0.1, -0.05) is 55.7 Å². The van der Waals surface area contributed by atoms with Gasteiger partial charge in [0.2, 0.25) is 12.7 Å². The van der Waals surface area contributed by atoms with Gasteiger partial charge in [0.25, 0.3) is 5.91 Å². The number of nitrogens with zero attached hydrogens (tertiary/aromatic N) is 1. The maximum atomic E-state index is 14.1. The molecule has 5 rings (SSSR count).